The van der Waals surface area contributed by atoms with Crippen LogP contribution < -0.4 is 0 Å². The molecule has 0 bridgehead atoms. The molecule has 0 N–H and O–H groups in total. The Morgan fingerprint density at radius 1 is 0.958 bits per heavy atom. The Bertz CT molecular complexity index is 860. The molecule has 1 aliphatic rings. The van der Waals surface area contributed by atoms with E-state index in [-0.39, 0.29) is 5.41 Å². The second-order valence-electron chi connectivity index (χ2n) is 6.70. The van der Waals surface area contributed by atoms with E-state index >= 15 is 0 Å². The molecule has 4 rings (SSSR count). The number of benzene rings is 2. The van der Waals surface area contributed by atoms with Gasteiger partial charge in [-0.3, -0.25) is 9.78 Å². The number of aryl methyl sites for hydroxylation is 1. The summed E-state index contributed by atoms with van der Waals surface area (Å²) in [6, 6.07) is 20.6. The molecule has 24 heavy (non-hydrogen) atoms. The number of ketones is 1. The van der Waals surface area contributed by atoms with Gasteiger partial charge in [0.2, 0.25) is 0 Å². The minimum Gasteiger partial charge on any atom is -0.299 e. The number of fused-ring (bicyclic) bond motifs is 1. The molecule has 120 valence electrons. The molecule has 1 heterocycles. The maximum absolute atomic E-state index is 12.8. The average molecular weight is 315 g/mol. The molecular weight excluding hydrogens is 294 g/mol. The number of aromatic nitrogens is 1. The van der Waals surface area contributed by atoms with Crippen LogP contribution in [-0.4, -0.2) is 10.8 Å². The molecule has 1 fully saturated rings. The van der Waals surface area contributed by atoms with Gasteiger partial charge >= 0.3 is 0 Å². The van der Waals surface area contributed by atoms with Crippen molar-refractivity contribution in [1.29, 1.82) is 0 Å². The van der Waals surface area contributed by atoms with Gasteiger partial charge in [0, 0.05) is 23.7 Å². The lowest BCUT2D eigenvalue weighted by molar-refractivity contribution is -0.121. The molecule has 3 aromatic rings. The molecule has 0 radical (unpaired) electrons. The van der Waals surface area contributed by atoms with E-state index in [4.69, 9.17) is 0 Å². The summed E-state index contributed by atoms with van der Waals surface area (Å²) in [5.41, 5.74) is 2.11. The molecule has 0 unspecified atom stereocenters. The van der Waals surface area contributed by atoms with Crippen molar-refractivity contribution in [3.8, 4) is 0 Å². The maximum Gasteiger partial charge on any atom is 0.143 e. The summed E-state index contributed by atoms with van der Waals surface area (Å²) in [6.07, 6.45) is 6.24. The van der Waals surface area contributed by atoms with Crippen molar-refractivity contribution in [3.63, 3.8) is 0 Å². The fourth-order valence-corrected chi connectivity index (χ4v) is 3.65. The number of Topliss-reactive ketones (excluding diaryl/α,β-unsaturated/α-hetero) is 1. The molecule has 0 amide bonds. The SMILES string of the molecule is O=C(CCCc1nccc2ccccc12)C1(c2ccccc2)CC1. The summed E-state index contributed by atoms with van der Waals surface area (Å²) in [7, 11) is 0. The molecule has 1 aromatic heterocycles. The van der Waals surface area contributed by atoms with Gasteiger partial charge in [-0.15, -0.1) is 0 Å². The third kappa shape index (κ3) is 2.73. The Balaban J connectivity index is 1.43. The molecule has 0 saturated heterocycles. The second kappa shape index (κ2) is 6.20. The summed E-state index contributed by atoms with van der Waals surface area (Å²) < 4.78 is 0. The average Bonchev–Trinajstić information content (AvgIpc) is 3.45. The zero-order valence-electron chi connectivity index (χ0n) is 13.7. The van der Waals surface area contributed by atoms with Crippen LogP contribution in [-0.2, 0) is 16.6 Å². The van der Waals surface area contributed by atoms with Gasteiger partial charge in [-0.1, -0.05) is 54.6 Å². The third-order valence-corrected chi connectivity index (χ3v) is 5.18. The predicted octanol–water partition coefficient (Wildman–Crippen LogP) is 4.86. The fourth-order valence-electron chi connectivity index (χ4n) is 3.65. The van der Waals surface area contributed by atoms with Gasteiger partial charge in [0.05, 0.1) is 5.41 Å². The second-order valence-corrected chi connectivity index (χ2v) is 6.70. The number of rotatable bonds is 6. The van der Waals surface area contributed by atoms with Gasteiger partial charge in [-0.05, 0) is 42.7 Å². The highest BCUT2D eigenvalue weighted by Gasteiger charge is 2.49. The van der Waals surface area contributed by atoms with E-state index in [1.165, 1.54) is 16.3 Å². The molecule has 2 aromatic carbocycles. The minimum atomic E-state index is -0.187. The minimum absolute atomic E-state index is 0.187. The van der Waals surface area contributed by atoms with E-state index in [1.807, 2.05) is 42.6 Å². The lowest BCUT2D eigenvalue weighted by Crippen LogP contribution is -2.20. The Hall–Kier alpha value is -2.48. The summed E-state index contributed by atoms with van der Waals surface area (Å²) in [4.78, 5) is 17.3. The van der Waals surface area contributed by atoms with Crippen molar-refractivity contribution in [2.45, 2.75) is 37.5 Å². The van der Waals surface area contributed by atoms with Crippen molar-refractivity contribution in [2.24, 2.45) is 0 Å². The highest BCUT2D eigenvalue weighted by molar-refractivity contribution is 5.93. The predicted molar refractivity (Wildman–Crippen MR) is 97.0 cm³/mol. The van der Waals surface area contributed by atoms with Crippen LogP contribution in [0.3, 0.4) is 0 Å². The molecule has 0 aliphatic heterocycles. The van der Waals surface area contributed by atoms with E-state index < -0.39 is 0 Å². The smallest absolute Gasteiger partial charge is 0.143 e. The fraction of sp³-hybridized carbons (Fsp3) is 0.273. The Morgan fingerprint density at radius 2 is 1.71 bits per heavy atom. The van der Waals surface area contributed by atoms with Crippen LogP contribution in [0.15, 0.2) is 66.9 Å². The normalized spacial score (nSPS) is 15.3. The van der Waals surface area contributed by atoms with Gasteiger partial charge in [-0.2, -0.15) is 0 Å². The monoisotopic (exact) mass is 315 g/mol. The number of carbonyl (C=O) groups is 1. The highest BCUT2D eigenvalue weighted by Crippen LogP contribution is 2.49. The Labute approximate surface area is 142 Å². The standard InChI is InChI=1S/C22H21NO/c24-21(22(14-15-22)18-8-2-1-3-9-18)12-6-11-20-19-10-5-4-7-17(19)13-16-23-20/h1-5,7-10,13,16H,6,11-12,14-15H2. The quantitative estimate of drug-likeness (QED) is 0.650. The van der Waals surface area contributed by atoms with Crippen molar-refractivity contribution in [2.75, 3.05) is 0 Å². The van der Waals surface area contributed by atoms with E-state index in [1.54, 1.807) is 0 Å². The lowest BCUT2D eigenvalue weighted by atomic mass is 9.88. The number of hydrogen-bond acceptors (Lipinski definition) is 2. The summed E-state index contributed by atoms with van der Waals surface area (Å²) in [6.45, 7) is 0. The van der Waals surface area contributed by atoms with Crippen molar-refractivity contribution in [3.05, 3.63) is 78.1 Å². The van der Waals surface area contributed by atoms with Crippen LogP contribution in [0.4, 0.5) is 0 Å². The van der Waals surface area contributed by atoms with Crippen LogP contribution in [0.1, 0.15) is 36.9 Å². The van der Waals surface area contributed by atoms with Gasteiger partial charge in [0.1, 0.15) is 5.78 Å². The summed E-state index contributed by atoms with van der Waals surface area (Å²) >= 11 is 0. The van der Waals surface area contributed by atoms with Crippen LogP contribution in [0.25, 0.3) is 10.8 Å². The van der Waals surface area contributed by atoms with Crippen LogP contribution in [0.5, 0.6) is 0 Å². The van der Waals surface area contributed by atoms with Crippen LogP contribution >= 0.6 is 0 Å². The lowest BCUT2D eigenvalue weighted by Gasteiger charge is -2.14. The molecule has 1 aliphatic carbocycles. The molecule has 2 nitrogen and oxygen atoms in total. The topological polar surface area (TPSA) is 30.0 Å². The maximum atomic E-state index is 12.8. The highest BCUT2D eigenvalue weighted by atomic mass is 16.1. The van der Waals surface area contributed by atoms with Gasteiger partial charge in [0.15, 0.2) is 0 Å². The first kappa shape index (κ1) is 15.1. The van der Waals surface area contributed by atoms with Crippen molar-refractivity contribution < 1.29 is 4.79 Å². The largest absolute Gasteiger partial charge is 0.299 e. The first-order valence-corrected chi connectivity index (χ1v) is 8.71. The number of nitrogens with zero attached hydrogens (tertiary/aromatic N) is 1. The first-order chi connectivity index (χ1) is 11.8. The zero-order valence-corrected chi connectivity index (χ0v) is 13.7. The van der Waals surface area contributed by atoms with Crippen LogP contribution in [0, 0.1) is 0 Å². The van der Waals surface area contributed by atoms with Crippen molar-refractivity contribution >= 4 is 16.6 Å². The van der Waals surface area contributed by atoms with E-state index in [9.17, 15) is 4.79 Å². The number of pyridine rings is 1. The molecule has 0 spiro atoms. The van der Waals surface area contributed by atoms with E-state index in [0.717, 1.165) is 31.4 Å². The van der Waals surface area contributed by atoms with Gasteiger partial charge in [0.25, 0.3) is 0 Å². The molecule has 0 atom stereocenters. The molecular formula is C22H21NO. The molecule has 1 saturated carbocycles. The first-order valence-electron chi connectivity index (χ1n) is 8.71. The summed E-state index contributed by atoms with van der Waals surface area (Å²) in [5, 5.41) is 2.42. The zero-order chi connectivity index (χ0) is 16.4. The number of hydrogen-bond donors (Lipinski definition) is 0. The summed E-state index contributed by atoms with van der Waals surface area (Å²) in [5.74, 6) is 0.397. The Kier molecular flexibility index (Phi) is 3.89. The van der Waals surface area contributed by atoms with E-state index in [0.29, 0.717) is 12.2 Å². The van der Waals surface area contributed by atoms with E-state index in [2.05, 4.69) is 29.2 Å². The van der Waals surface area contributed by atoms with Crippen LogP contribution in [0.2, 0.25) is 0 Å². The third-order valence-electron chi connectivity index (χ3n) is 5.18. The molecule has 2 heteroatoms. The van der Waals surface area contributed by atoms with Gasteiger partial charge < -0.3 is 0 Å². The number of carbonyl (C=O) groups excluding carboxylic acids is 1. The Morgan fingerprint density at radius 3 is 2.50 bits per heavy atom. The van der Waals surface area contributed by atoms with Crippen molar-refractivity contribution in [1.82, 2.24) is 4.98 Å². The van der Waals surface area contributed by atoms with Gasteiger partial charge in [-0.25, -0.2) is 0 Å².